The third-order valence-electron chi connectivity index (χ3n) is 1.60. The van der Waals surface area contributed by atoms with Crippen LogP contribution in [0.2, 0.25) is 0 Å². The van der Waals surface area contributed by atoms with Gasteiger partial charge >= 0.3 is 0 Å². The number of halogens is 1. The maximum Gasteiger partial charge on any atom is 0.142 e. The third-order valence-corrected chi connectivity index (χ3v) is 1.60. The Morgan fingerprint density at radius 2 is 2.17 bits per heavy atom. The fraction of sp³-hybridized carbons (Fsp3) is 0. The molecule has 0 aliphatic carbocycles. The molecule has 0 radical (unpaired) electrons. The first-order chi connectivity index (χ1) is 5.79. The molecule has 0 aliphatic heterocycles. The number of aromatic hydroxyl groups is 1. The summed E-state index contributed by atoms with van der Waals surface area (Å²) in [4.78, 5) is 7.39. The van der Waals surface area contributed by atoms with Crippen LogP contribution in [0.5, 0.6) is 5.75 Å². The number of phenolic OH excluding ortho intramolecular Hbond substituents is 1. The van der Waals surface area contributed by atoms with E-state index in [9.17, 15) is 9.50 Å². The SMILES string of the molecule is Oc1ccc(F)c2cncnc12. The summed E-state index contributed by atoms with van der Waals surface area (Å²) in [5.41, 5.74) is 0.241. The maximum absolute atomic E-state index is 13.0. The molecule has 60 valence electrons. The van der Waals surface area contributed by atoms with Crippen LogP contribution < -0.4 is 0 Å². The molecule has 0 saturated heterocycles. The Labute approximate surface area is 67.5 Å². The molecule has 0 aliphatic rings. The molecule has 3 nitrogen and oxygen atoms in total. The van der Waals surface area contributed by atoms with E-state index in [1.165, 1.54) is 24.7 Å². The third kappa shape index (κ3) is 0.887. The number of hydrogen-bond acceptors (Lipinski definition) is 3. The van der Waals surface area contributed by atoms with Gasteiger partial charge in [0, 0.05) is 6.20 Å². The normalized spacial score (nSPS) is 10.4. The van der Waals surface area contributed by atoms with Crippen LogP contribution in [0.15, 0.2) is 24.7 Å². The van der Waals surface area contributed by atoms with Gasteiger partial charge < -0.3 is 5.11 Å². The van der Waals surface area contributed by atoms with Gasteiger partial charge in [-0.05, 0) is 12.1 Å². The van der Waals surface area contributed by atoms with Crippen LogP contribution >= 0.6 is 0 Å². The van der Waals surface area contributed by atoms with Gasteiger partial charge in [0.15, 0.2) is 0 Å². The van der Waals surface area contributed by atoms with Crippen LogP contribution in [0.1, 0.15) is 0 Å². The van der Waals surface area contributed by atoms with Crippen LogP contribution in [-0.2, 0) is 0 Å². The first-order valence-corrected chi connectivity index (χ1v) is 3.36. The van der Waals surface area contributed by atoms with Crippen molar-refractivity contribution in [2.45, 2.75) is 0 Å². The van der Waals surface area contributed by atoms with Crippen molar-refractivity contribution in [3.8, 4) is 5.75 Å². The number of hydrogen-bond donors (Lipinski definition) is 1. The van der Waals surface area contributed by atoms with E-state index >= 15 is 0 Å². The van der Waals surface area contributed by atoms with Crippen molar-refractivity contribution in [2.75, 3.05) is 0 Å². The molecular weight excluding hydrogens is 159 g/mol. The fourth-order valence-corrected chi connectivity index (χ4v) is 1.03. The van der Waals surface area contributed by atoms with Gasteiger partial charge in [-0.3, -0.25) is 0 Å². The molecule has 0 saturated carbocycles. The minimum absolute atomic E-state index is 0.0335. The van der Waals surface area contributed by atoms with Crippen LogP contribution in [0, 0.1) is 5.82 Å². The predicted octanol–water partition coefficient (Wildman–Crippen LogP) is 1.47. The Bertz CT molecular complexity index is 390. The molecule has 1 N–H and O–H groups in total. The Kier molecular flexibility index (Phi) is 1.40. The average Bonchev–Trinajstić information content (AvgIpc) is 2.12. The van der Waals surface area contributed by atoms with Gasteiger partial charge in [-0.25, -0.2) is 14.4 Å². The molecule has 0 unspecified atom stereocenters. The zero-order valence-electron chi connectivity index (χ0n) is 6.03. The lowest BCUT2D eigenvalue weighted by Crippen LogP contribution is -1.84. The molecule has 12 heavy (non-hydrogen) atoms. The van der Waals surface area contributed by atoms with E-state index in [0.717, 1.165) is 0 Å². The summed E-state index contributed by atoms with van der Waals surface area (Å²) >= 11 is 0. The lowest BCUT2D eigenvalue weighted by molar-refractivity contribution is 0.479. The highest BCUT2D eigenvalue weighted by Gasteiger charge is 2.04. The van der Waals surface area contributed by atoms with Crippen molar-refractivity contribution in [3.05, 3.63) is 30.5 Å². The largest absolute Gasteiger partial charge is 0.506 e. The summed E-state index contributed by atoms with van der Waals surface area (Å²) in [6, 6.07) is 2.45. The molecule has 1 aromatic heterocycles. The lowest BCUT2D eigenvalue weighted by Gasteiger charge is -1.98. The van der Waals surface area contributed by atoms with Crippen molar-refractivity contribution < 1.29 is 9.50 Å². The van der Waals surface area contributed by atoms with E-state index < -0.39 is 5.82 Å². The number of nitrogens with zero attached hydrogens (tertiary/aromatic N) is 2. The van der Waals surface area contributed by atoms with Crippen LogP contribution in [0.25, 0.3) is 10.9 Å². The zero-order valence-corrected chi connectivity index (χ0v) is 6.03. The second-order valence-electron chi connectivity index (χ2n) is 2.35. The van der Waals surface area contributed by atoms with Gasteiger partial charge in [0.2, 0.25) is 0 Å². The molecule has 0 atom stereocenters. The van der Waals surface area contributed by atoms with Crippen LogP contribution in [0.3, 0.4) is 0 Å². The molecule has 0 fully saturated rings. The van der Waals surface area contributed by atoms with Gasteiger partial charge in [-0.2, -0.15) is 0 Å². The maximum atomic E-state index is 13.0. The second-order valence-corrected chi connectivity index (χ2v) is 2.35. The molecule has 0 bridgehead atoms. The standard InChI is InChI=1S/C8H5FN2O/c9-6-1-2-7(12)8-5(6)3-10-4-11-8/h1-4,12H. The van der Waals surface area contributed by atoms with Crippen molar-refractivity contribution in [1.82, 2.24) is 9.97 Å². The highest BCUT2D eigenvalue weighted by molar-refractivity contribution is 5.83. The monoisotopic (exact) mass is 164 g/mol. The Morgan fingerprint density at radius 3 is 2.92 bits per heavy atom. The first kappa shape index (κ1) is 6.97. The molecule has 1 heterocycles. The summed E-state index contributed by atoms with van der Waals surface area (Å²) in [5, 5.41) is 9.47. The van der Waals surface area contributed by atoms with E-state index in [0.29, 0.717) is 0 Å². The Hall–Kier alpha value is -1.71. The van der Waals surface area contributed by atoms with Gasteiger partial charge in [0.05, 0.1) is 5.39 Å². The van der Waals surface area contributed by atoms with E-state index in [1.807, 2.05) is 0 Å². The Balaban J connectivity index is 2.95. The van der Waals surface area contributed by atoms with Crippen molar-refractivity contribution >= 4 is 10.9 Å². The van der Waals surface area contributed by atoms with Crippen molar-refractivity contribution in [2.24, 2.45) is 0 Å². The minimum atomic E-state index is -0.427. The van der Waals surface area contributed by atoms with Crippen molar-refractivity contribution in [1.29, 1.82) is 0 Å². The van der Waals surface area contributed by atoms with Gasteiger partial charge in [0.1, 0.15) is 23.4 Å². The molecule has 0 amide bonds. The number of fused-ring (bicyclic) bond motifs is 1. The predicted molar refractivity (Wildman–Crippen MR) is 41.2 cm³/mol. The molecule has 2 aromatic rings. The van der Waals surface area contributed by atoms with Gasteiger partial charge in [-0.1, -0.05) is 0 Å². The second kappa shape index (κ2) is 2.41. The highest BCUT2D eigenvalue weighted by atomic mass is 19.1. The summed E-state index contributed by atoms with van der Waals surface area (Å²) < 4.78 is 13.0. The van der Waals surface area contributed by atoms with Crippen LogP contribution in [-0.4, -0.2) is 15.1 Å². The minimum Gasteiger partial charge on any atom is -0.506 e. The summed E-state index contributed by atoms with van der Waals surface area (Å²) in [5.74, 6) is -0.461. The number of phenols is 1. The average molecular weight is 164 g/mol. The molecule has 1 aromatic carbocycles. The molecule has 2 rings (SSSR count). The fourth-order valence-electron chi connectivity index (χ4n) is 1.03. The van der Waals surface area contributed by atoms with Crippen molar-refractivity contribution in [3.63, 3.8) is 0 Å². The first-order valence-electron chi connectivity index (χ1n) is 3.36. The summed E-state index contributed by atoms with van der Waals surface area (Å²) in [7, 11) is 0. The van der Waals surface area contributed by atoms with E-state index in [4.69, 9.17) is 0 Å². The highest BCUT2D eigenvalue weighted by Crippen LogP contribution is 2.23. The zero-order chi connectivity index (χ0) is 8.55. The smallest absolute Gasteiger partial charge is 0.142 e. The summed E-state index contributed by atoms with van der Waals surface area (Å²) in [6.07, 6.45) is 2.60. The van der Waals surface area contributed by atoms with Gasteiger partial charge in [0.25, 0.3) is 0 Å². The number of rotatable bonds is 0. The van der Waals surface area contributed by atoms with Gasteiger partial charge in [-0.15, -0.1) is 0 Å². The molecular formula is C8H5FN2O. The topological polar surface area (TPSA) is 46.0 Å². The lowest BCUT2D eigenvalue weighted by atomic mass is 10.2. The Morgan fingerprint density at radius 1 is 1.33 bits per heavy atom. The molecule has 4 heteroatoms. The number of benzene rings is 1. The van der Waals surface area contributed by atoms with Crippen LogP contribution in [0.4, 0.5) is 4.39 Å². The van der Waals surface area contributed by atoms with E-state index in [2.05, 4.69) is 9.97 Å². The van der Waals surface area contributed by atoms with E-state index in [-0.39, 0.29) is 16.7 Å². The molecule has 0 spiro atoms. The number of aromatic nitrogens is 2. The summed E-state index contributed by atoms with van der Waals surface area (Å²) in [6.45, 7) is 0. The van der Waals surface area contributed by atoms with E-state index in [1.54, 1.807) is 0 Å². The quantitative estimate of drug-likeness (QED) is 0.641.